The Bertz CT molecular complexity index is 1070. The Kier molecular flexibility index (Phi) is 5.04. The van der Waals surface area contributed by atoms with Gasteiger partial charge in [-0.15, -0.1) is 10.2 Å². The lowest BCUT2D eigenvalue weighted by Gasteiger charge is -2.15. The first-order chi connectivity index (χ1) is 14.7. The number of carbonyl (C=O) groups excluding carboxylic acids is 1. The molecule has 0 saturated heterocycles. The van der Waals surface area contributed by atoms with Crippen LogP contribution in [0.4, 0.5) is 0 Å². The van der Waals surface area contributed by atoms with Crippen LogP contribution in [-0.2, 0) is 4.79 Å². The van der Waals surface area contributed by atoms with E-state index in [1.165, 1.54) is 11.8 Å². The molecule has 1 fully saturated rings. The topological polar surface area (TPSA) is 91.2 Å². The van der Waals surface area contributed by atoms with Crippen LogP contribution in [0.2, 0.25) is 0 Å². The number of nitrogens with zero attached hydrogens (tertiary/aromatic N) is 4. The highest BCUT2D eigenvalue weighted by atomic mass is 32.2. The molecule has 0 bridgehead atoms. The Morgan fingerprint density at radius 3 is 2.80 bits per heavy atom. The fourth-order valence-electron chi connectivity index (χ4n) is 3.41. The molecule has 30 heavy (non-hydrogen) atoms. The predicted octanol–water partition coefficient (Wildman–Crippen LogP) is 3.37. The lowest BCUT2D eigenvalue weighted by atomic mass is 10.1. The number of amides is 1. The number of carbonyl (C=O) groups is 1. The van der Waals surface area contributed by atoms with E-state index in [2.05, 4.69) is 25.1 Å². The number of benzene rings is 1. The minimum absolute atomic E-state index is 0.0547. The van der Waals surface area contributed by atoms with E-state index in [4.69, 9.17) is 9.47 Å². The average Bonchev–Trinajstić information content (AvgIpc) is 3.34. The second kappa shape index (κ2) is 7.98. The zero-order chi connectivity index (χ0) is 20.5. The molecule has 0 spiro atoms. The van der Waals surface area contributed by atoms with E-state index < -0.39 is 0 Å². The van der Waals surface area contributed by atoms with Crippen molar-refractivity contribution in [3.8, 4) is 22.9 Å². The molecule has 1 aromatic carbocycles. The highest BCUT2D eigenvalue weighted by Crippen LogP contribution is 2.41. The highest BCUT2D eigenvalue weighted by molar-refractivity contribution is 7.99. The van der Waals surface area contributed by atoms with Crippen molar-refractivity contribution >= 4 is 17.7 Å². The van der Waals surface area contributed by atoms with E-state index in [1.54, 1.807) is 12.4 Å². The first-order valence-corrected chi connectivity index (χ1v) is 10.8. The molecule has 1 saturated carbocycles. The number of thioether (sulfide) groups is 1. The molecule has 1 aliphatic carbocycles. The molecule has 5 rings (SSSR count). The lowest BCUT2D eigenvalue weighted by molar-refractivity contribution is -0.119. The monoisotopic (exact) mass is 423 g/mol. The van der Waals surface area contributed by atoms with Gasteiger partial charge in [0.25, 0.3) is 0 Å². The molecule has 3 aromatic rings. The molecule has 1 amide bonds. The Hall–Kier alpha value is -3.07. The molecule has 1 unspecified atom stereocenters. The maximum Gasteiger partial charge on any atom is 0.231 e. The van der Waals surface area contributed by atoms with Crippen molar-refractivity contribution in [3.05, 3.63) is 48.3 Å². The average molecular weight is 423 g/mol. The van der Waals surface area contributed by atoms with E-state index in [-0.39, 0.29) is 24.5 Å². The van der Waals surface area contributed by atoms with E-state index in [1.807, 2.05) is 37.3 Å². The summed E-state index contributed by atoms with van der Waals surface area (Å²) in [5.74, 6) is 2.50. The molecule has 1 N–H and O–H groups in total. The van der Waals surface area contributed by atoms with Crippen LogP contribution < -0.4 is 14.8 Å². The van der Waals surface area contributed by atoms with Crippen LogP contribution in [0.1, 0.15) is 37.4 Å². The normalized spacial score (nSPS) is 15.8. The number of aromatic nitrogens is 4. The van der Waals surface area contributed by atoms with Gasteiger partial charge in [0.1, 0.15) is 0 Å². The minimum Gasteiger partial charge on any atom is -0.454 e. The van der Waals surface area contributed by atoms with Gasteiger partial charge in [0, 0.05) is 24.0 Å². The minimum atomic E-state index is -0.138. The van der Waals surface area contributed by atoms with Crippen molar-refractivity contribution in [2.24, 2.45) is 0 Å². The van der Waals surface area contributed by atoms with Crippen LogP contribution in [-0.4, -0.2) is 38.2 Å². The maximum absolute atomic E-state index is 12.6. The number of hydrogen-bond acceptors (Lipinski definition) is 7. The smallest absolute Gasteiger partial charge is 0.231 e. The lowest BCUT2D eigenvalue weighted by Crippen LogP contribution is -2.28. The molecular formula is C21H21N5O3S. The van der Waals surface area contributed by atoms with Gasteiger partial charge in [-0.25, -0.2) is 0 Å². The van der Waals surface area contributed by atoms with E-state index >= 15 is 0 Å². The largest absolute Gasteiger partial charge is 0.454 e. The van der Waals surface area contributed by atoms with Gasteiger partial charge in [-0.3, -0.25) is 14.3 Å². The second-order valence-corrected chi connectivity index (χ2v) is 8.28. The Morgan fingerprint density at radius 1 is 1.20 bits per heavy atom. The van der Waals surface area contributed by atoms with Gasteiger partial charge in [0.15, 0.2) is 22.5 Å². The summed E-state index contributed by atoms with van der Waals surface area (Å²) >= 11 is 1.41. The first-order valence-electron chi connectivity index (χ1n) is 9.86. The molecule has 0 radical (unpaired) electrons. The highest BCUT2D eigenvalue weighted by Gasteiger charge is 2.30. The van der Waals surface area contributed by atoms with Crippen LogP contribution in [0.25, 0.3) is 11.4 Å². The molecule has 3 heterocycles. The molecule has 154 valence electrons. The second-order valence-electron chi connectivity index (χ2n) is 7.33. The van der Waals surface area contributed by atoms with Gasteiger partial charge in [-0.05, 0) is 49.6 Å². The first kappa shape index (κ1) is 18.9. The predicted molar refractivity (Wildman–Crippen MR) is 111 cm³/mol. The van der Waals surface area contributed by atoms with Crippen molar-refractivity contribution in [3.63, 3.8) is 0 Å². The summed E-state index contributed by atoms with van der Waals surface area (Å²) < 4.78 is 12.9. The third-order valence-electron chi connectivity index (χ3n) is 5.12. The molecular weight excluding hydrogens is 402 g/mol. The van der Waals surface area contributed by atoms with Crippen LogP contribution in [0, 0.1) is 0 Å². The summed E-state index contributed by atoms with van der Waals surface area (Å²) in [6, 6.07) is 9.84. The number of nitrogens with one attached hydrogen (secondary N) is 1. The molecule has 1 atom stereocenters. The van der Waals surface area contributed by atoms with Gasteiger partial charge in [-0.1, -0.05) is 17.8 Å². The van der Waals surface area contributed by atoms with Crippen molar-refractivity contribution in [2.45, 2.75) is 37.0 Å². The molecule has 8 nitrogen and oxygen atoms in total. The quantitative estimate of drug-likeness (QED) is 0.583. The fourth-order valence-corrected chi connectivity index (χ4v) is 4.23. The van der Waals surface area contributed by atoms with Gasteiger partial charge in [-0.2, -0.15) is 0 Å². The van der Waals surface area contributed by atoms with Gasteiger partial charge < -0.3 is 14.8 Å². The van der Waals surface area contributed by atoms with Crippen molar-refractivity contribution < 1.29 is 14.3 Å². The van der Waals surface area contributed by atoms with Gasteiger partial charge in [0.05, 0.1) is 11.8 Å². The number of hydrogen-bond donors (Lipinski definition) is 1. The summed E-state index contributed by atoms with van der Waals surface area (Å²) in [4.78, 5) is 16.6. The Balaban J connectivity index is 1.24. The van der Waals surface area contributed by atoms with Gasteiger partial charge >= 0.3 is 0 Å². The standard InChI is InChI=1S/C21H21N5O3S/c1-13(15-2-5-17-18(10-15)29-12-28-17)23-19(27)11-30-21-25-24-20(26(21)16-3-4-16)14-6-8-22-9-7-14/h2,5-10,13,16H,3-4,11-12H2,1H3,(H,23,27). The Labute approximate surface area is 178 Å². The summed E-state index contributed by atoms with van der Waals surface area (Å²) in [6.07, 6.45) is 5.71. The summed E-state index contributed by atoms with van der Waals surface area (Å²) in [5, 5.41) is 12.5. The van der Waals surface area contributed by atoms with Crippen molar-refractivity contribution in [1.82, 2.24) is 25.1 Å². The van der Waals surface area contributed by atoms with E-state index in [0.29, 0.717) is 11.8 Å². The molecule has 2 aliphatic rings. The van der Waals surface area contributed by atoms with Crippen molar-refractivity contribution in [2.75, 3.05) is 12.5 Å². The molecule has 1 aliphatic heterocycles. The maximum atomic E-state index is 12.6. The van der Waals surface area contributed by atoms with Crippen LogP contribution in [0.3, 0.4) is 0 Å². The summed E-state index contributed by atoms with van der Waals surface area (Å²) in [7, 11) is 0. The number of fused-ring (bicyclic) bond motifs is 1. The van der Waals surface area contributed by atoms with E-state index in [9.17, 15) is 4.79 Å². The number of ether oxygens (including phenoxy) is 2. The fraction of sp³-hybridized carbons (Fsp3) is 0.333. The van der Waals surface area contributed by atoms with Crippen LogP contribution in [0.15, 0.2) is 47.9 Å². The molecule has 9 heteroatoms. The summed E-state index contributed by atoms with van der Waals surface area (Å²) in [5.41, 5.74) is 1.95. The van der Waals surface area contributed by atoms with Crippen molar-refractivity contribution in [1.29, 1.82) is 0 Å². The Morgan fingerprint density at radius 2 is 2.00 bits per heavy atom. The van der Waals surface area contributed by atoms with E-state index in [0.717, 1.165) is 40.7 Å². The molecule has 2 aromatic heterocycles. The zero-order valence-electron chi connectivity index (χ0n) is 16.4. The van der Waals surface area contributed by atoms with Crippen LogP contribution in [0.5, 0.6) is 11.5 Å². The van der Waals surface area contributed by atoms with Gasteiger partial charge in [0.2, 0.25) is 12.7 Å². The van der Waals surface area contributed by atoms with Crippen LogP contribution >= 0.6 is 11.8 Å². The number of rotatable bonds is 7. The zero-order valence-corrected chi connectivity index (χ0v) is 17.3. The SMILES string of the molecule is CC(NC(=O)CSc1nnc(-c2ccncc2)n1C1CC1)c1ccc2c(c1)OCO2. The number of pyridine rings is 1. The third kappa shape index (κ3) is 3.85. The third-order valence-corrected chi connectivity index (χ3v) is 6.06. The summed E-state index contributed by atoms with van der Waals surface area (Å²) in [6.45, 7) is 2.19.